The van der Waals surface area contributed by atoms with Crippen LogP contribution in [0.1, 0.15) is 0 Å². The fourth-order valence-corrected chi connectivity index (χ4v) is 1.37. The lowest BCUT2D eigenvalue weighted by atomic mass is 10.1. The van der Waals surface area contributed by atoms with E-state index in [9.17, 15) is 4.39 Å². The minimum Gasteiger partial charge on any atom is -0.378 e. The zero-order valence-electron chi connectivity index (χ0n) is 7.40. The van der Waals surface area contributed by atoms with Crippen molar-refractivity contribution in [2.45, 2.75) is 6.10 Å². The van der Waals surface area contributed by atoms with E-state index in [-0.39, 0.29) is 11.9 Å². The van der Waals surface area contributed by atoms with Crippen molar-refractivity contribution in [3.05, 3.63) is 24.1 Å². The van der Waals surface area contributed by atoms with Gasteiger partial charge in [-0.05, 0) is 12.1 Å². The first-order valence-electron chi connectivity index (χ1n) is 4.19. The Morgan fingerprint density at radius 1 is 1.62 bits per heavy atom. The van der Waals surface area contributed by atoms with Gasteiger partial charge in [-0.3, -0.25) is 0 Å². The maximum absolute atomic E-state index is 13.1. The standard InChI is InChI=1S/C9H11FN2O/c1-13-7-5-12(6-7)9-8(10)3-2-4-11-9/h2-4,7H,5-6H2,1H3. The summed E-state index contributed by atoms with van der Waals surface area (Å²) >= 11 is 0. The van der Waals surface area contributed by atoms with E-state index in [0.717, 1.165) is 13.1 Å². The highest BCUT2D eigenvalue weighted by molar-refractivity contribution is 5.42. The molecule has 70 valence electrons. The Balaban J connectivity index is 2.07. The second kappa shape index (κ2) is 3.30. The number of hydrogen-bond acceptors (Lipinski definition) is 3. The van der Waals surface area contributed by atoms with Crippen molar-refractivity contribution in [3.63, 3.8) is 0 Å². The van der Waals surface area contributed by atoms with Gasteiger partial charge in [-0.2, -0.15) is 0 Å². The van der Waals surface area contributed by atoms with Gasteiger partial charge in [0.25, 0.3) is 0 Å². The average Bonchev–Trinajstić information content (AvgIpc) is 2.06. The Bertz CT molecular complexity index is 299. The summed E-state index contributed by atoms with van der Waals surface area (Å²) in [6, 6.07) is 3.01. The Labute approximate surface area is 76.1 Å². The summed E-state index contributed by atoms with van der Waals surface area (Å²) in [5, 5.41) is 0. The highest BCUT2D eigenvalue weighted by atomic mass is 19.1. The van der Waals surface area contributed by atoms with Crippen LogP contribution in [0.4, 0.5) is 10.2 Å². The molecule has 0 amide bonds. The number of halogens is 1. The lowest BCUT2D eigenvalue weighted by molar-refractivity contribution is 0.0779. The van der Waals surface area contributed by atoms with E-state index in [4.69, 9.17) is 4.74 Å². The van der Waals surface area contributed by atoms with E-state index in [0.29, 0.717) is 5.82 Å². The van der Waals surface area contributed by atoms with Crippen LogP contribution >= 0.6 is 0 Å². The van der Waals surface area contributed by atoms with Crippen LogP contribution in [0.3, 0.4) is 0 Å². The first-order chi connectivity index (χ1) is 6.31. The third-order valence-corrected chi connectivity index (χ3v) is 2.22. The number of aromatic nitrogens is 1. The molecule has 1 saturated heterocycles. The summed E-state index contributed by atoms with van der Waals surface area (Å²) in [6.45, 7) is 1.45. The van der Waals surface area contributed by atoms with Gasteiger partial charge in [0.1, 0.15) is 0 Å². The SMILES string of the molecule is COC1CN(c2ncccc2F)C1. The minimum atomic E-state index is -0.267. The monoisotopic (exact) mass is 182 g/mol. The van der Waals surface area contributed by atoms with Crippen LogP contribution in [0.15, 0.2) is 18.3 Å². The van der Waals surface area contributed by atoms with E-state index < -0.39 is 0 Å². The number of nitrogens with zero attached hydrogens (tertiary/aromatic N) is 2. The lowest BCUT2D eigenvalue weighted by Crippen LogP contribution is -2.52. The fraction of sp³-hybridized carbons (Fsp3) is 0.444. The van der Waals surface area contributed by atoms with Crippen molar-refractivity contribution in [3.8, 4) is 0 Å². The maximum atomic E-state index is 13.1. The Hall–Kier alpha value is -1.16. The summed E-state index contributed by atoms with van der Waals surface area (Å²) in [7, 11) is 1.66. The Kier molecular flexibility index (Phi) is 2.14. The van der Waals surface area contributed by atoms with Crippen molar-refractivity contribution in [2.24, 2.45) is 0 Å². The van der Waals surface area contributed by atoms with Crippen molar-refractivity contribution in [2.75, 3.05) is 25.1 Å². The van der Waals surface area contributed by atoms with Gasteiger partial charge in [0, 0.05) is 26.4 Å². The molecule has 0 N–H and O–H groups in total. The molecule has 1 aromatic heterocycles. The molecule has 1 aliphatic rings. The zero-order valence-corrected chi connectivity index (χ0v) is 7.40. The molecule has 4 heteroatoms. The normalized spacial score (nSPS) is 17.2. The summed E-state index contributed by atoms with van der Waals surface area (Å²) < 4.78 is 18.2. The zero-order chi connectivity index (χ0) is 9.26. The number of pyridine rings is 1. The molecule has 1 aromatic rings. The summed E-state index contributed by atoms with van der Waals surface area (Å²) in [5.74, 6) is 0.160. The van der Waals surface area contributed by atoms with Crippen molar-refractivity contribution in [1.29, 1.82) is 0 Å². The van der Waals surface area contributed by atoms with Gasteiger partial charge in [-0.15, -0.1) is 0 Å². The van der Waals surface area contributed by atoms with Gasteiger partial charge in [-0.25, -0.2) is 9.37 Å². The molecule has 0 spiro atoms. The van der Waals surface area contributed by atoms with E-state index >= 15 is 0 Å². The predicted molar refractivity (Wildman–Crippen MR) is 47.2 cm³/mol. The molecular weight excluding hydrogens is 171 g/mol. The molecule has 3 nitrogen and oxygen atoms in total. The van der Waals surface area contributed by atoms with E-state index in [1.807, 2.05) is 4.90 Å². The van der Waals surface area contributed by atoms with Crippen LogP contribution in [0.25, 0.3) is 0 Å². The first kappa shape index (κ1) is 8.44. The number of rotatable bonds is 2. The second-order valence-electron chi connectivity index (χ2n) is 3.07. The molecule has 0 bridgehead atoms. The molecule has 2 heterocycles. The molecule has 0 atom stereocenters. The fourth-order valence-electron chi connectivity index (χ4n) is 1.37. The molecule has 0 unspecified atom stereocenters. The van der Waals surface area contributed by atoms with E-state index in [1.165, 1.54) is 6.07 Å². The molecule has 1 aliphatic heterocycles. The summed E-state index contributed by atoms with van der Waals surface area (Å²) in [4.78, 5) is 5.83. The van der Waals surface area contributed by atoms with E-state index in [1.54, 1.807) is 19.4 Å². The number of methoxy groups -OCH3 is 1. The van der Waals surface area contributed by atoms with Gasteiger partial charge in [0.15, 0.2) is 11.6 Å². The molecule has 0 saturated carbocycles. The smallest absolute Gasteiger partial charge is 0.165 e. The van der Waals surface area contributed by atoms with Gasteiger partial charge in [0.05, 0.1) is 6.10 Å². The van der Waals surface area contributed by atoms with Crippen LogP contribution in [0, 0.1) is 5.82 Å². The van der Waals surface area contributed by atoms with Crippen molar-refractivity contribution in [1.82, 2.24) is 4.98 Å². The van der Waals surface area contributed by atoms with E-state index in [2.05, 4.69) is 4.98 Å². The third-order valence-electron chi connectivity index (χ3n) is 2.22. The summed E-state index contributed by atoms with van der Waals surface area (Å²) in [6.07, 6.45) is 1.82. The number of ether oxygens (including phenoxy) is 1. The molecule has 2 rings (SSSR count). The minimum absolute atomic E-state index is 0.224. The third kappa shape index (κ3) is 1.49. The second-order valence-corrected chi connectivity index (χ2v) is 3.07. The van der Waals surface area contributed by atoms with Crippen molar-refractivity contribution < 1.29 is 9.13 Å². The van der Waals surface area contributed by atoms with Crippen molar-refractivity contribution >= 4 is 5.82 Å². The van der Waals surface area contributed by atoms with Gasteiger partial charge >= 0.3 is 0 Å². The van der Waals surface area contributed by atoms with Gasteiger partial charge < -0.3 is 9.64 Å². The summed E-state index contributed by atoms with van der Waals surface area (Å²) in [5.41, 5.74) is 0. The van der Waals surface area contributed by atoms with Crippen LogP contribution in [0.2, 0.25) is 0 Å². The molecule has 0 aliphatic carbocycles. The highest BCUT2D eigenvalue weighted by Gasteiger charge is 2.28. The first-order valence-corrected chi connectivity index (χ1v) is 4.19. The number of anilines is 1. The van der Waals surface area contributed by atoms with Crippen LogP contribution in [-0.2, 0) is 4.74 Å². The molecular formula is C9H11FN2O. The largest absolute Gasteiger partial charge is 0.378 e. The quantitative estimate of drug-likeness (QED) is 0.683. The van der Waals surface area contributed by atoms with Gasteiger partial charge in [-0.1, -0.05) is 0 Å². The molecule has 1 fully saturated rings. The van der Waals surface area contributed by atoms with Gasteiger partial charge in [0.2, 0.25) is 0 Å². The average molecular weight is 182 g/mol. The molecule has 0 radical (unpaired) electrons. The lowest BCUT2D eigenvalue weighted by Gasteiger charge is -2.38. The molecule has 13 heavy (non-hydrogen) atoms. The Morgan fingerprint density at radius 2 is 2.38 bits per heavy atom. The topological polar surface area (TPSA) is 25.4 Å². The molecule has 0 aromatic carbocycles. The van der Waals surface area contributed by atoms with Crippen LogP contribution < -0.4 is 4.90 Å². The van der Waals surface area contributed by atoms with Crippen LogP contribution in [0.5, 0.6) is 0 Å². The Morgan fingerprint density at radius 3 is 3.00 bits per heavy atom. The highest BCUT2D eigenvalue weighted by Crippen LogP contribution is 2.21. The maximum Gasteiger partial charge on any atom is 0.165 e. The number of hydrogen-bond donors (Lipinski definition) is 0. The predicted octanol–water partition coefficient (Wildman–Crippen LogP) is 1.06. The van der Waals surface area contributed by atoms with Crippen LogP contribution in [-0.4, -0.2) is 31.3 Å².